The number of carbonyl (C=O) groups excluding carboxylic acids is 3. The Balaban J connectivity index is 1.36. The highest BCUT2D eigenvalue weighted by molar-refractivity contribution is 5.97. The van der Waals surface area contributed by atoms with Gasteiger partial charge in [0.2, 0.25) is 5.91 Å². The maximum Gasteiger partial charge on any atom is 0.321 e. The van der Waals surface area contributed by atoms with E-state index in [-0.39, 0.29) is 29.6 Å². The summed E-state index contributed by atoms with van der Waals surface area (Å²) in [5, 5.41) is 5.65. The van der Waals surface area contributed by atoms with Crippen LogP contribution in [0, 0.1) is 11.7 Å². The van der Waals surface area contributed by atoms with Gasteiger partial charge in [0.15, 0.2) is 0 Å². The Bertz CT molecular complexity index is 946. The quantitative estimate of drug-likeness (QED) is 0.813. The van der Waals surface area contributed by atoms with Crippen molar-refractivity contribution in [2.24, 2.45) is 5.92 Å². The third kappa shape index (κ3) is 4.27. The van der Waals surface area contributed by atoms with Crippen molar-refractivity contribution >= 4 is 29.2 Å². The molecule has 0 aromatic heterocycles. The average Bonchev–Trinajstić information content (AvgIpc) is 3.20. The molecule has 2 aromatic carbocycles. The fourth-order valence-electron chi connectivity index (χ4n) is 3.84. The third-order valence-electron chi connectivity index (χ3n) is 5.47. The Kier molecular flexibility index (Phi) is 5.65. The van der Waals surface area contributed by atoms with E-state index in [0.29, 0.717) is 43.9 Å². The molecule has 0 radical (unpaired) electrons. The first kappa shape index (κ1) is 19.9. The van der Waals surface area contributed by atoms with E-state index in [0.717, 1.165) is 12.1 Å². The molecule has 4 rings (SSSR count). The second-order valence-electron chi connectivity index (χ2n) is 7.52. The normalized spacial score (nSPS) is 18.8. The topological polar surface area (TPSA) is 81.8 Å². The van der Waals surface area contributed by atoms with Crippen LogP contribution in [-0.4, -0.2) is 48.9 Å². The van der Waals surface area contributed by atoms with Crippen LogP contribution in [0.2, 0.25) is 0 Å². The molecule has 7 nitrogen and oxygen atoms in total. The molecule has 0 spiro atoms. The molecular formula is C22H23FN4O3. The standard InChI is InChI=1S/C22H23FN4O3/c23-17-5-3-15(4-6-17)21(29)26-12-1-2-16(14-26)20(28)25-18-7-9-19(10-8-18)27-13-11-24-22(27)30/h3-10,16H,1-2,11-14H2,(H,24,30)(H,25,28). The van der Waals surface area contributed by atoms with Gasteiger partial charge in [0.25, 0.3) is 5.91 Å². The molecule has 2 aliphatic rings. The van der Waals surface area contributed by atoms with Gasteiger partial charge in [-0.15, -0.1) is 0 Å². The van der Waals surface area contributed by atoms with Crippen molar-refractivity contribution < 1.29 is 18.8 Å². The lowest BCUT2D eigenvalue weighted by Gasteiger charge is -2.32. The summed E-state index contributed by atoms with van der Waals surface area (Å²) in [5.41, 5.74) is 1.83. The van der Waals surface area contributed by atoms with E-state index in [9.17, 15) is 18.8 Å². The fraction of sp³-hybridized carbons (Fsp3) is 0.318. The zero-order valence-electron chi connectivity index (χ0n) is 16.4. The average molecular weight is 410 g/mol. The lowest BCUT2D eigenvalue weighted by Crippen LogP contribution is -2.43. The molecule has 0 saturated carbocycles. The van der Waals surface area contributed by atoms with Crippen LogP contribution in [0.1, 0.15) is 23.2 Å². The van der Waals surface area contributed by atoms with Crippen molar-refractivity contribution in [2.45, 2.75) is 12.8 Å². The molecule has 30 heavy (non-hydrogen) atoms. The molecule has 1 atom stereocenters. The second kappa shape index (κ2) is 8.52. The molecule has 2 fully saturated rings. The molecule has 2 aromatic rings. The number of benzene rings is 2. The van der Waals surface area contributed by atoms with Crippen LogP contribution in [0.4, 0.5) is 20.6 Å². The van der Waals surface area contributed by atoms with Crippen molar-refractivity contribution in [3.05, 3.63) is 59.9 Å². The molecular weight excluding hydrogens is 387 g/mol. The minimum Gasteiger partial charge on any atom is -0.338 e. The highest BCUT2D eigenvalue weighted by Crippen LogP contribution is 2.23. The zero-order valence-corrected chi connectivity index (χ0v) is 16.4. The van der Waals surface area contributed by atoms with Crippen LogP contribution in [0.3, 0.4) is 0 Å². The first-order chi connectivity index (χ1) is 14.5. The monoisotopic (exact) mass is 410 g/mol. The summed E-state index contributed by atoms with van der Waals surface area (Å²) in [6.07, 6.45) is 1.43. The Labute approximate surface area is 173 Å². The highest BCUT2D eigenvalue weighted by Gasteiger charge is 2.29. The molecule has 8 heteroatoms. The molecule has 2 N–H and O–H groups in total. The largest absolute Gasteiger partial charge is 0.338 e. The van der Waals surface area contributed by atoms with Crippen LogP contribution < -0.4 is 15.5 Å². The first-order valence-corrected chi connectivity index (χ1v) is 10.0. The Morgan fingerprint density at radius 3 is 2.43 bits per heavy atom. The number of amides is 4. The molecule has 2 heterocycles. The number of nitrogens with one attached hydrogen (secondary N) is 2. The van der Waals surface area contributed by atoms with E-state index in [1.807, 2.05) is 0 Å². The van der Waals surface area contributed by atoms with E-state index in [1.54, 1.807) is 34.1 Å². The van der Waals surface area contributed by atoms with Crippen LogP contribution in [0.25, 0.3) is 0 Å². The van der Waals surface area contributed by atoms with Crippen molar-refractivity contribution in [1.29, 1.82) is 0 Å². The number of halogens is 1. The summed E-state index contributed by atoms with van der Waals surface area (Å²) in [4.78, 5) is 40.4. The number of rotatable bonds is 4. The van der Waals surface area contributed by atoms with E-state index in [1.165, 1.54) is 24.3 Å². The van der Waals surface area contributed by atoms with Crippen molar-refractivity contribution in [3.8, 4) is 0 Å². The van der Waals surface area contributed by atoms with Gasteiger partial charge in [0, 0.05) is 43.1 Å². The zero-order chi connectivity index (χ0) is 21.1. The minimum absolute atomic E-state index is 0.125. The van der Waals surface area contributed by atoms with Crippen LogP contribution >= 0.6 is 0 Å². The predicted octanol–water partition coefficient (Wildman–Crippen LogP) is 2.85. The predicted molar refractivity (Wildman–Crippen MR) is 111 cm³/mol. The number of carbonyl (C=O) groups is 3. The van der Waals surface area contributed by atoms with Crippen molar-refractivity contribution in [1.82, 2.24) is 10.2 Å². The molecule has 4 amide bonds. The van der Waals surface area contributed by atoms with Gasteiger partial charge in [0.05, 0.1) is 5.92 Å². The van der Waals surface area contributed by atoms with Crippen LogP contribution in [0.5, 0.6) is 0 Å². The Morgan fingerprint density at radius 1 is 1.03 bits per heavy atom. The molecule has 0 bridgehead atoms. The van der Waals surface area contributed by atoms with E-state index >= 15 is 0 Å². The molecule has 0 aliphatic carbocycles. The number of nitrogens with zero attached hydrogens (tertiary/aromatic N) is 2. The van der Waals surface area contributed by atoms with Gasteiger partial charge in [-0.3, -0.25) is 14.5 Å². The number of hydrogen-bond acceptors (Lipinski definition) is 3. The third-order valence-corrected chi connectivity index (χ3v) is 5.47. The van der Waals surface area contributed by atoms with Gasteiger partial charge in [-0.05, 0) is 61.4 Å². The van der Waals surface area contributed by atoms with E-state index in [4.69, 9.17) is 0 Å². The van der Waals surface area contributed by atoms with Gasteiger partial charge in [0.1, 0.15) is 5.82 Å². The number of piperidine rings is 1. The summed E-state index contributed by atoms with van der Waals surface area (Å²) >= 11 is 0. The lowest BCUT2D eigenvalue weighted by atomic mass is 9.96. The molecule has 156 valence electrons. The number of hydrogen-bond donors (Lipinski definition) is 2. The molecule has 2 saturated heterocycles. The van der Waals surface area contributed by atoms with Gasteiger partial charge < -0.3 is 15.5 Å². The maximum atomic E-state index is 13.1. The van der Waals surface area contributed by atoms with Gasteiger partial charge in [-0.1, -0.05) is 0 Å². The van der Waals surface area contributed by atoms with Gasteiger partial charge >= 0.3 is 6.03 Å². The van der Waals surface area contributed by atoms with E-state index in [2.05, 4.69) is 10.6 Å². The molecule has 1 unspecified atom stereocenters. The lowest BCUT2D eigenvalue weighted by molar-refractivity contribution is -0.121. The van der Waals surface area contributed by atoms with Crippen molar-refractivity contribution in [2.75, 3.05) is 36.4 Å². The fourth-order valence-corrected chi connectivity index (χ4v) is 3.84. The number of anilines is 2. The summed E-state index contributed by atoms with van der Waals surface area (Å²) in [5.74, 6) is -1.04. The Morgan fingerprint density at radius 2 is 1.77 bits per heavy atom. The molecule has 2 aliphatic heterocycles. The van der Waals surface area contributed by atoms with Crippen molar-refractivity contribution in [3.63, 3.8) is 0 Å². The Hall–Kier alpha value is -3.42. The van der Waals surface area contributed by atoms with Gasteiger partial charge in [-0.25, -0.2) is 9.18 Å². The van der Waals surface area contributed by atoms with Gasteiger partial charge in [-0.2, -0.15) is 0 Å². The maximum absolute atomic E-state index is 13.1. The van der Waals surface area contributed by atoms with Crippen LogP contribution in [-0.2, 0) is 4.79 Å². The first-order valence-electron chi connectivity index (χ1n) is 10.0. The summed E-state index contributed by atoms with van der Waals surface area (Å²) < 4.78 is 13.1. The second-order valence-corrected chi connectivity index (χ2v) is 7.52. The highest BCUT2D eigenvalue weighted by atomic mass is 19.1. The summed E-state index contributed by atoms with van der Waals surface area (Å²) in [6.45, 7) is 2.14. The SMILES string of the molecule is O=C(Nc1ccc(N2CCNC2=O)cc1)C1CCCN(C(=O)c2ccc(F)cc2)C1. The number of urea groups is 1. The smallest absolute Gasteiger partial charge is 0.321 e. The minimum atomic E-state index is -0.390. The van der Waals surface area contributed by atoms with E-state index < -0.39 is 0 Å². The summed E-state index contributed by atoms with van der Waals surface area (Å²) in [6, 6.07) is 12.4. The van der Waals surface area contributed by atoms with Crippen LogP contribution in [0.15, 0.2) is 48.5 Å². The summed E-state index contributed by atoms with van der Waals surface area (Å²) in [7, 11) is 0. The number of likely N-dealkylation sites (tertiary alicyclic amines) is 1.